The fraction of sp³-hybridized carbons (Fsp3) is 0.278. The molecule has 0 spiro atoms. The van der Waals surface area contributed by atoms with E-state index in [1.165, 1.54) is 0 Å². The van der Waals surface area contributed by atoms with E-state index in [-0.39, 0.29) is 5.91 Å². The molecule has 0 radical (unpaired) electrons. The highest BCUT2D eigenvalue weighted by Crippen LogP contribution is 2.31. The van der Waals surface area contributed by atoms with Crippen LogP contribution in [-0.2, 0) is 12.8 Å². The molecule has 0 fully saturated rings. The molecule has 0 aliphatic carbocycles. The Hall–Kier alpha value is -1.52. The van der Waals surface area contributed by atoms with Gasteiger partial charge in [-0.2, -0.15) is 0 Å². The largest absolute Gasteiger partial charge is 0.497 e. The average Bonchev–Trinajstić information content (AvgIpc) is 2.55. The van der Waals surface area contributed by atoms with Gasteiger partial charge in [0.2, 0.25) is 0 Å². The quantitative estimate of drug-likeness (QED) is 0.726. The first-order valence-corrected chi connectivity index (χ1v) is 8.64. The SMILES string of the molecule is CCc1ccc(Cl)c(CC)c1NC(=O)c1cc(OC)ccc1Br. The van der Waals surface area contributed by atoms with Gasteiger partial charge in [-0.1, -0.05) is 31.5 Å². The average molecular weight is 397 g/mol. The number of aryl methyl sites for hydroxylation is 1. The summed E-state index contributed by atoms with van der Waals surface area (Å²) in [7, 11) is 1.58. The van der Waals surface area contributed by atoms with Crippen molar-refractivity contribution in [3.05, 3.63) is 56.5 Å². The number of benzene rings is 2. The maximum atomic E-state index is 12.7. The topological polar surface area (TPSA) is 38.3 Å². The Balaban J connectivity index is 2.43. The van der Waals surface area contributed by atoms with Gasteiger partial charge >= 0.3 is 0 Å². The van der Waals surface area contributed by atoms with Gasteiger partial charge in [-0.05, 0) is 64.2 Å². The molecule has 2 aromatic carbocycles. The zero-order valence-corrected chi connectivity index (χ0v) is 15.7. The van der Waals surface area contributed by atoms with E-state index in [0.29, 0.717) is 20.8 Å². The highest BCUT2D eigenvalue weighted by molar-refractivity contribution is 9.10. The van der Waals surface area contributed by atoms with Crippen LogP contribution in [0.3, 0.4) is 0 Å². The smallest absolute Gasteiger partial charge is 0.256 e. The van der Waals surface area contributed by atoms with Gasteiger partial charge in [-0.15, -0.1) is 0 Å². The molecule has 0 aromatic heterocycles. The van der Waals surface area contributed by atoms with Crippen molar-refractivity contribution in [3.8, 4) is 5.75 Å². The van der Waals surface area contributed by atoms with E-state index in [1.807, 2.05) is 19.1 Å². The predicted molar refractivity (Wildman–Crippen MR) is 98.9 cm³/mol. The fourth-order valence-electron chi connectivity index (χ4n) is 2.45. The molecule has 122 valence electrons. The monoisotopic (exact) mass is 395 g/mol. The van der Waals surface area contributed by atoms with Gasteiger partial charge in [-0.3, -0.25) is 4.79 Å². The first-order chi connectivity index (χ1) is 11.0. The summed E-state index contributed by atoms with van der Waals surface area (Å²) in [4.78, 5) is 12.7. The molecular weight excluding hydrogens is 378 g/mol. The molecule has 0 unspecified atom stereocenters. The Morgan fingerprint density at radius 1 is 1.22 bits per heavy atom. The van der Waals surface area contributed by atoms with Crippen LogP contribution in [0.25, 0.3) is 0 Å². The van der Waals surface area contributed by atoms with Crippen LogP contribution in [-0.4, -0.2) is 13.0 Å². The summed E-state index contributed by atoms with van der Waals surface area (Å²) in [6.07, 6.45) is 1.57. The van der Waals surface area contributed by atoms with Gasteiger partial charge in [0.05, 0.1) is 12.7 Å². The lowest BCUT2D eigenvalue weighted by Gasteiger charge is -2.16. The number of hydrogen-bond donors (Lipinski definition) is 1. The highest BCUT2D eigenvalue weighted by atomic mass is 79.9. The summed E-state index contributed by atoms with van der Waals surface area (Å²) in [5.74, 6) is 0.443. The third-order valence-corrected chi connectivity index (χ3v) is 4.78. The summed E-state index contributed by atoms with van der Waals surface area (Å²) >= 11 is 9.70. The van der Waals surface area contributed by atoms with E-state index in [9.17, 15) is 4.79 Å². The first kappa shape index (κ1) is 17.8. The highest BCUT2D eigenvalue weighted by Gasteiger charge is 2.16. The molecule has 23 heavy (non-hydrogen) atoms. The lowest BCUT2D eigenvalue weighted by Crippen LogP contribution is -2.16. The summed E-state index contributed by atoms with van der Waals surface area (Å²) in [5.41, 5.74) is 3.35. The Bertz CT molecular complexity index is 731. The second kappa shape index (κ2) is 7.84. The summed E-state index contributed by atoms with van der Waals surface area (Å²) in [6, 6.07) is 9.15. The molecule has 0 bridgehead atoms. The normalized spacial score (nSPS) is 10.5. The molecule has 5 heteroatoms. The maximum Gasteiger partial charge on any atom is 0.256 e. The number of carbonyl (C=O) groups excluding carboxylic acids is 1. The zero-order chi connectivity index (χ0) is 17.0. The van der Waals surface area contributed by atoms with Gasteiger partial charge in [0.15, 0.2) is 0 Å². The van der Waals surface area contributed by atoms with Crippen molar-refractivity contribution in [3.63, 3.8) is 0 Å². The predicted octanol–water partition coefficient (Wildman–Crippen LogP) is 5.49. The van der Waals surface area contributed by atoms with Crippen LogP contribution in [0.5, 0.6) is 5.75 Å². The van der Waals surface area contributed by atoms with Crippen LogP contribution in [0.15, 0.2) is 34.8 Å². The van der Waals surface area contributed by atoms with Crippen molar-refractivity contribution in [1.29, 1.82) is 0 Å². The second-order valence-corrected chi connectivity index (χ2v) is 6.33. The fourth-order valence-corrected chi connectivity index (χ4v) is 3.17. The number of nitrogens with one attached hydrogen (secondary N) is 1. The molecule has 3 nitrogen and oxygen atoms in total. The molecule has 0 heterocycles. The maximum absolute atomic E-state index is 12.7. The minimum absolute atomic E-state index is 0.192. The third-order valence-electron chi connectivity index (χ3n) is 3.73. The van der Waals surface area contributed by atoms with Crippen LogP contribution < -0.4 is 10.1 Å². The number of halogens is 2. The number of amides is 1. The van der Waals surface area contributed by atoms with E-state index in [1.54, 1.807) is 25.3 Å². The van der Waals surface area contributed by atoms with Crippen LogP contribution >= 0.6 is 27.5 Å². The van der Waals surface area contributed by atoms with Crippen molar-refractivity contribution in [1.82, 2.24) is 0 Å². The molecule has 2 aromatic rings. The standard InChI is InChI=1S/C18H19BrClNO2/c1-4-11-6-9-16(20)13(5-2)17(11)21-18(22)14-10-12(23-3)7-8-15(14)19/h6-10H,4-5H2,1-3H3,(H,21,22). The van der Waals surface area contributed by atoms with E-state index >= 15 is 0 Å². The molecular formula is C18H19BrClNO2. The Morgan fingerprint density at radius 2 is 1.96 bits per heavy atom. The van der Waals surface area contributed by atoms with Crippen LogP contribution in [0.1, 0.15) is 35.3 Å². The van der Waals surface area contributed by atoms with E-state index in [2.05, 4.69) is 28.2 Å². The minimum Gasteiger partial charge on any atom is -0.497 e. The zero-order valence-electron chi connectivity index (χ0n) is 13.4. The number of anilines is 1. The van der Waals surface area contributed by atoms with Gasteiger partial charge in [0.25, 0.3) is 5.91 Å². The second-order valence-electron chi connectivity index (χ2n) is 5.07. The lowest BCUT2D eigenvalue weighted by atomic mass is 10.0. The number of ether oxygens (including phenoxy) is 1. The summed E-state index contributed by atoms with van der Waals surface area (Å²) in [5, 5.41) is 3.69. The number of carbonyl (C=O) groups is 1. The van der Waals surface area contributed by atoms with Gasteiger partial charge < -0.3 is 10.1 Å². The minimum atomic E-state index is -0.192. The van der Waals surface area contributed by atoms with Crippen LogP contribution in [0.2, 0.25) is 5.02 Å². The van der Waals surface area contributed by atoms with Crippen LogP contribution in [0.4, 0.5) is 5.69 Å². The van der Waals surface area contributed by atoms with Crippen molar-refractivity contribution in [2.45, 2.75) is 26.7 Å². The lowest BCUT2D eigenvalue weighted by molar-refractivity contribution is 0.102. The molecule has 0 aliphatic rings. The molecule has 1 amide bonds. The number of rotatable bonds is 5. The van der Waals surface area contributed by atoms with Gasteiger partial charge in [0, 0.05) is 15.2 Å². The molecule has 2 rings (SSSR count). The van der Waals surface area contributed by atoms with Gasteiger partial charge in [0.1, 0.15) is 5.75 Å². The van der Waals surface area contributed by atoms with Crippen molar-refractivity contribution < 1.29 is 9.53 Å². The Kier molecular flexibility index (Phi) is 6.08. The van der Waals surface area contributed by atoms with E-state index in [4.69, 9.17) is 16.3 Å². The van der Waals surface area contributed by atoms with Crippen molar-refractivity contribution in [2.24, 2.45) is 0 Å². The van der Waals surface area contributed by atoms with Crippen molar-refractivity contribution >= 4 is 39.1 Å². The molecule has 0 aliphatic heterocycles. The molecule has 0 saturated heterocycles. The summed E-state index contributed by atoms with van der Waals surface area (Å²) in [6.45, 7) is 4.08. The molecule has 0 saturated carbocycles. The van der Waals surface area contributed by atoms with Gasteiger partial charge in [-0.25, -0.2) is 0 Å². The van der Waals surface area contributed by atoms with Crippen molar-refractivity contribution in [2.75, 3.05) is 12.4 Å². The van der Waals surface area contributed by atoms with Crippen LogP contribution in [0, 0.1) is 0 Å². The number of methoxy groups -OCH3 is 1. The Morgan fingerprint density at radius 3 is 2.57 bits per heavy atom. The molecule has 1 N–H and O–H groups in total. The summed E-state index contributed by atoms with van der Waals surface area (Å²) < 4.78 is 5.91. The first-order valence-electron chi connectivity index (χ1n) is 7.46. The molecule has 0 atom stereocenters. The Labute approximate surface area is 150 Å². The van der Waals surface area contributed by atoms with E-state index < -0.39 is 0 Å². The third kappa shape index (κ3) is 3.88. The van der Waals surface area contributed by atoms with E-state index in [0.717, 1.165) is 29.7 Å². The number of hydrogen-bond acceptors (Lipinski definition) is 2.